The summed E-state index contributed by atoms with van der Waals surface area (Å²) in [6, 6.07) is 14.0. The van der Waals surface area contributed by atoms with Crippen LogP contribution in [0.2, 0.25) is 0 Å². The van der Waals surface area contributed by atoms with Crippen LogP contribution in [-0.2, 0) is 23.7 Å². The van der Waals surface area contributed by atoms with Crippen LogP contribution in [0.5, 0.6) is 5.75 Å². The molecule has 1 saturated carbocycles. The van der Waals surface area contributed by atoms with E-state index >= 15 is 0 Å². The monoisotopic (exact) mass is 552 g/mol. The summed E-state index contributed by atoms with van der Waals surface area (Å²) in [7, 11) is 0. The van der Waals surface area contributed by atoms with Gasteiger partial charge in [-0.05, 0) is 37.1 Å². The number of hydrogen-bond acceptors (Lipinski definition) is 9. The first-order chi connectivity index (χ1) is 18.8. The Labute approximate surface area is 229 Å². The molecule has 1 atom stereocenters. The molecule has 1 saturated heterocycles. The highest BCUT2D eigenvalue weighted by Gasteiger charge is 2.39. The van der Waals surface area contributed by atoms with Gasteiger partial charge in [-0.3, -0.25) is 14.9 Å². The fourth-order valence-electron chi connectivity index (χ4n) is 4.58. The van der Waals surface area contributed by atoms with E-state index in [0.29, 0.717) is 49.7 Å². The second-order valence-corrected chi connectivity index (χ2v) is 11.8. The van der Waals surface area contributed by atoms with Crippen LogP contribution < -0.4 is 20.9 Å². The average Bonchev–Trinajstić information content (AvgIpc) is 3.69. The molecule has 206 valence electrons. The Hall–Kier alpha value is -3.45. The highest BCUT2D eigenvalue weighted by Crippen LogP contribution is 2.45. The second kappa shape index (κ2) is 11.3. The molecule has 2 aliphatic rings. The maximum absolute atomic E-state index is 13.5. The van der Waals surface area contributed by atoms with Crippen molar-refractivity contribution in [3.05, 3.63) is 86.3 Å². The minimum absolute atomic E-state index is 0.0304. The standard InChI is InChI=1S/C27H32N6O5S/c1-27(9-10-27)19-38-25-24(17-29-32(26(25)34)22-5-3-2-4-6-22)30-11-13-31(14-12-30)39(37)18-20-7-8-23(33(35)36)21(15-20)16-28/h2-8,15,17H,9-14,16,18-19,28H2,1H3. The van der Waals surface area contributed by atoms with Crippen LogP contribution in [-0.4, -0.2) is 56.3 Å². The molecule has 1 aliphatic heterocycles. The zero-order valence-corrected chi connectivity index (χ0v) is 22.6. The van der Waals surface area contributed by atoms with E-state index in [1.165, 1.54) is 10.7 Å². The van der Waals surface area contributed by atoms with Gasteiger partial charge in [-0.15, -0.1) is 4.31 Å². The number of nitrogens with zero attached hydrogens (tertiary/aromatic N) is 5. The zero-order valence-electron chi connectivity index (χ0n) is 21.8. The van der Waals surface area contributed by atoms with Crippen molar-refractivity contribution in [1.29, 1.82) is 0 Å². The highest BCUT2D eigenvalue weighted by molar-refractivity contribution is 7.88. The number of benzene rings is 2. The summed E-state index contributed by atoms with van der Waals surface area (Å²) in [5.74, 6) is 0.531. The average molecular weight is 553 g/mol. The summed E-state index contributed by atoms with van der Waals surface area (Å²) < 4.78 is 22.5. The molecule has 1 unspecified atom stereocenters. The summed E-state index contributed by atoms with van der Waals surface area (Å²) >= 11 is -1.32. The summed E-state index contributed by atoms with van der Waals surface area (Å²) in [5, 5.41) is 15.6. The molecular weight excluding hydrogens is 520 g/mol. The first-order valence-electron chi connectivity index (χ1n) is 12.9. The molecule has 0 amide bonds. The molecule has 0 bridgehead atoms. The summed E-state index contributed by atoms with van der Waals surface area (Å²) in [6.07, 6.45) is 3.83. The van der Waals surface area contributed by atoms with Crippen molar-refractivity contribution in [3.63, 3.8) is 0 Å². The Morgan fingerprint density at radius 2 is 1.85 bits per heavy atom. The van der Waals surface area contributed by atoms with E-state index in [0.717, 1.165) is 18.4 Å². The van der Waals surface area contributed by atoms with Gasteiger partial charge in [-0.25, -0.2) is 0 Å². The molecule has 39 heavy (non-hydrogen) atoms. The molecule has 0 radical (unpaired) electrons. The van der Waals surface area contributed by atoms with E-state index < -0.39 is 16.3 Å². The zero-order chi connectivity index (χ0) is 27.6. The van der Waals surface area contributed by atoms with Crippen LogP contribution in [0, 0.1) is 15.5 Å². The first-order valence-corrected chi connectivity index (χ1v) is 14.2. The third-order valence-corrected chi connectivity index (χ3v) is 8.82. The summed E-state index contributed by atoms with van der Waals surface area (Å²) in [6.45, 7) is 4.78. The molecule has 12 heteroatoms. The molecule has 0 spiro atoms. The van der Waals surface area contributed by atoms with Gasteiger partial charge in [0.1, 0.15) is 5.69 Å². The lowest BCUT2D eigenvalue weighted by atomic mass is 10.1. The Balaban J connectivity index is 1.29. The third-order valence-electron chi connectivity index (χ3n) is 7.30. The maximum Gasteiger partial charge on any atom is 0.316 e. The van der Waals surface area contributed by atoms with Gasteiger partial charge in [0.25, 0.3) is 5.69 Å². The van der Waals surface area contributed by atoms with Gasteiger partial charge in [-0.1, -0.05) is 25.1 Å². The highest BCUT2D eigenvalue weighted by atomic mass is 32.2. The summed E-state index contributed by atoms with van der Waals surface area (Å²) in [4.78, 5) is 26.3. The third kappa shape index (κ3) is 6.09. The van der Waals surface area contributed by atoms with Gasteiger partial charge in [0.15, 0.2) is 5.75 Å². The molecule has 2 aromatic carbocycles. The number of rotatable bonds is 10. The predicted molar refractivity (Wildman–Crippen MR) is 149 cm³/mol. The number of nitrogens with two attached hydrogens (primary N) is 1. The van der Waals surface area contributed by atoms with Gasteiger partial charge >= 0.3 is 5.56 Å². The van der Waals surface area contributed by atoms with Crippen molar-refractivity contribution in [3.8, 4) is 11.4 Å². The first kappa shape index (κ1) is 27.1. The smallest absolute Gasteiger partial charge is 0.316 e. The van der Waals surface area contributed by atoms with E-state index in [9.17, 15) is 19.5 Å². The van der Waals surface area contributed by atoms with E-state index in [1.54, 1.807) is 18.3 Å². The number of nitro benzene ring substituents is 1. The quantitative estimate of drug-likeness (QED) is 0.228. The molecule has 1 aromatic heterocycles. The normalized spacial score (nSPS) is 17.6. The van der Waals surface area contributed by atoms with Gasteiger partial charge in [0, 0.05) is 53.6 Å². The number of hydrogen-bond donors (Lipinski definition) is 1. The molecule has 1 aliphatic carbocycles. The van der Waals surface area contributed by atoms with E-state index in [1.807, 2.05) is 34.6 Å². The number of ether oxygens (including phenoxy) is 1. The van der Waals surface area contributed by atoms with E-state index in [4.69, 9.17) is 10.5 Å². The van der Waals surface area contributed by atoms with Gasteiger partial charge in [-0.2, -0.15) is 9.78 Å². The van der Waals surface area contributed by atoms with Crippen LogP contribution in [0.1, 0.15) is 30.9 Å². The van der Waals surface area contributed by atoms with Crippen LogP contribution >= 0.6 is 0 Å². The van der Waals surface area contributed by atoms with Crippen molar-refractivity contribution >= 4 is 22.7 Å². The second-order valence-electron chi connectivity index (χ2n) is 10.3. The predicted octanol–water partition coefficient (Wildman–Crippen LogP) is 2.76. The molecule has 5 rings (SSSR count). The largest absolute Gasteiger partial charge is 0.598 e. The van der Waals surface area contributed by atoms with Crippen molar-refractivity contribution in [1.82, 2.24) is 14.1 Å². The Kier molecular flexibility index (Phi) is 7.89. The number of aromatic nitrogens is 2. The van der Waals surface area contributed by atoms with Crippen LogP contribution in [0.25, 0.3) is 5.69 Å². The van der Waals surface area contributed by atoms with Crippen molar-refractivity contribution in [2.24, 2.45) is 11.1 Å². The molecule has 3 aromatic rings. The Morgan fingerprint density at radius 1 is 1.13 bits per heavy atom. The Bertz CT molecular complexity index is 1390. The molecule has 2 heterocycles. The number of anilines is 1. The SMILES string of the molecule is CC1(COc2c(N3CCN([S+]([O-])Cc4ccc([N+](=O)[O-])c(CN)c4)CC3)cnn(-c3ccccc3)c2=O)CC1. The minimum atomic E-state index is -1.32. The lowest BCUT2D eigenvalue weighted by Gasteiger charge is -2.36. The number of para-hydroxylation sites is 1. The van der Waals surface area contributed by atoms with Crippen LogP contribution in [0.15, 0.2) is 59.5 Å². The molecule has 2 N–H and O–H groups in total. The fourth-order valence-corrected chi connectivity index (χ4v) is 5.80. The van der Waals surface area contributed by atoms with Crippen LogP contribution in [0.3, 0.4) is 0 Å². The lowest BCUT2D eigenvalue weighted by molar-refractivity contribution is -0.385. The maximum atomic E-state index is 13.5. The number of piperazine rings is 1. The van der Waals surface area contributed by atoms with Crippen molar-refractivity contribution in [2.45, 2.75) is 32.1 Å². The van der Waals surface area contributed by atoms with Gasteiger partial charge in [0.05, 0.1) is 36.5 Å². The fraction of sp³-hybridized carbons (Fsp3) is 0.407. The summed E-state index contributed by atoms with van der Waals surface area (Å²) in [5.41, 5.74) is 7.91. The van der Waals surface area contributed by atoms with E-state index in [-0.39, 0.29) is 34.7 Å². The van der Waals surface area contributed by atoms with Crippen molar-refractivity contribution in [2.75, 3.05) is 37.7 Å². The van der Waals surface area contributed by atoms with Gasteiger partial charge < -0.3 is 19.9 Å². The minimum Gasteiger partial charge on any atom is -0.598 e. The lowest BCUT2D eigenvalue weighted by Crippen LogP contribution is -2.49. The van der Waals surface area contributed by atoms with E-state index in [2.05, 4.69) is 16.9 Å². The topological polar surface area (TPSA) is 143 Å². The Morgan fingerprint density at radius 3 is 2.49 bits per heavy atom. The van der Waals surface area contributed by atoms with Gasteiger partial charge in [0.2, 0.25) is 5.75 Å². The number of nitro groups is 1. The molecule has 2 fully saturated rings. The van der Waals surface area contributed by atoms with Crippen molar-refractivity contribution < 1.29 is 14.2 Å². The van der Waals surface area contributed by atoms with Crippen LogP contribution in [0.4, 0.5) is 11.4 Å². The molecular formula is C27H32N6O5S. The molecule has 11 nitrogen and oxygen atoms in total.